The van der Waals surface area contributed by atoms with E-state index in [0.717, 1.165) is 0 Å². The molecule has 2 fully saturated rings. The van der Waals surface area contributed by atoms with Crippen LogP contribution in [0.4, 0.5) is 0 Å². The highest BCUT2D eigenvalue weighted by Gasteiger charge is 2.27. The standard InChI is InChI=1S/C12H22ClN/c13-14(11-7-3-1-4-8-11)12-9-5-2-6-10-12/h11-12H,1-10H2. The Hall–Kier alpha value is 0.250. The van der Waals surface area contributed by atoms with Gasteiger partial charge in [0.15, 0.2) is 0 Å². The summed E-state index contributed by atoms with van der Waals surface area (Å²) < 4.78 is 2.19. The predicted octanol–water partition coefficient (Wildman–Crippen LogP) is 4.11. The number of hydrogen-bond donors (Lipinski definition) is 0. The van der Waals surface area contributed by atoms with Crippen molar-refractivity contribution in [3.05, 3.63) is 0 Å². The zero-order valence-electron chi connectivity index (χ0n) is 9.05. The van der Waals surface area contributed by atoms with E-state index in [1.807, 2.05) is 0 Å². The maximum absolute atomic E-state index is 6.47. The Labute approximate surface area is 92.9 Å². The number of nitrogens with zero attached hydrogens (tertiary/aromatic N) is 1. The van der Waals surface area contributed by atoms with Crippen LogP contribution in [0.1, 0.15) is 64.2 Å². The molecule has 0 aromatic heterocycles. The molecule has 0 N–H and O–H groups in total. The van der Waals surface area contributed by atoms with E-state index in [1.54, 1.807) is 0 Å². The first-order valence-electron chi connectivity index (χ1n) is 6.32. The van der Waals surface area contributed by atoms with E-state index < -0.39 is 0 Å². The van der Waals surface area contributed by atoms with Gasteiger partial charge in [0.2, 0.25) is 0 Å². The van der Waals surface area contributed by atoms with Crippen molar-refractivity contribution in [1.82, 2.24) is 4.42 Å². The lowest BCUT2D eigenvalue weighted by Crippen LogP contribution is -2.38. The van der Waals surface area contributed by atoms with Crippen molar-refractivity contribution >= 4 is 11.8 Å². The summed E-state index contributed by atoms with van der Waals surface area (Å²) in [5.74, 6) is 0. The molecule has 0 spiro atoms. The molecule has 0 amide bonds. The Morgan fingerprint density at radius 3 is 1.36 bits per heavy atom. The smallest absolute Gasteiger partial charge is 0.0254 e. The zero-order valence-corrected chi connectivity index (χ0v) is 9.81. The van der Waals surface area contributed by atoms with Gasteiger partial charge < -0.3 is 0 Å². The van der Waals surface area contributed by atoms with Crippen molar-refractivity contribution in [3.8, 4) is 0 Å². The van der Waals surface area contributed by atoms with E-state index in [0.29, 0.717) is 12.1 Å². The average molecular weight is 216 g/mol. The Balaban J connectivity index is 1.82. The topological polar surface area (TPSA) is 3.24 Å². The molecule has 2 saturated carbocycles. The van der Waals surface area contributed by atoms with Gasteiger partial charge in [0.1, 0.15) is 0 Å². The Morgan fingerprint density at radius 1 is 0.643 bits per heavy atom. The Bertz CT molecular complexity index is 142. The maximum atomic E-state index is 6.47. The fourth-order valence-electron chi connectivity index (χ4n) is 2.95. The van der Waals surface area contributed by atoms with Gasteiger partial charge in [0, 0.05) is 12.1 Å². The first-order chi connectivity index (χ1) is 6.88. The van der Waals surface area contributed by atoms with Crippen molar-refractivity contribution in [1.29, 1.82) is 0 Å². The molecule has 0 atom stereocenters. The lowest BCUT2D eigenvalue weighted by Gasteiger charge is -2.36. The van der Waals surface area contributed by atoms with Crippen molar-refractivity contribution in [2.45, 2.75) is 76.3 Å². The molecule has 82 valence electrons. The summed E-state index contributed by atoms with van der Waals surface area (Å²) in [5.41, 5.74) is 0. The van der Waals surface area contributed by atoms with E-state index in [4.69, 9.17) is 11.8 Å². The third kappa shape index (κ3) is 2.64. The number of hydrogen-bond acceptors (Lipinski definition) is 1. The highest BCUT2D eigenvalue weighted by molar-refractivity contribution is 6.13. The van der Waals surface area contributed by atoms with Gasteiger partial charge in [-0.25, -0.2) is 4.42 Å². The highest BCUT2D eigenvalue weighted by atomic mass is 35.5. The predicted molar refractivity (Wildman–Crippen MR) is 61.4 cm³/mol. The first kappa shape index (κ1) is 10.8. The molecule has 0 heterocycles. The second kappa shape index (κ2) is 5.37. The van der Waals surface area contributed by atoms with Crippen LogP contribution in [0.2, 0.25) is 0 Å². The van der Waals surface area contributed by atoms with Crippen molar-refractivity contribution < 1.29 is 0 Å². The van der Waals surface area contributed by atoms with Gasteiger partial charge in [-0.15, -0.1) is 0 Å². The maximum Gasteiger partial charge on any atom is 0.0254 e. The summed E-state index contributed by atoms with van der Waals surface area (Å²) in [4.78, 5) is 0. The molecule has 0 radical (unpaired) electrons. The van der Waals surface area contributed by atoms with E-state index in [9.17, 15) is 0 Å². The van der Waals surface area contributed by atoms with Crippen LogP contribution in [0, 0.1) is 0 Å². The number of rotatable bonds is 2. The Kier molecular flexibility index (Phi) is 4.12. The molecule has 0 unspecified atom stereocenters. The van der Waals surface area contributed by atoms with Gasteiger partial charge in [-0.05, 0) is 37.5 Å². The van der Waals surface area contributed by atoms with Gasteiger partial charge in [0.25, 0.3) is 0 Å². The average Bonchev–Trinajstić information content (AvgIpc) is 2.30. The van der Waals surface area contributed by atoms with Gasteiger partial charge >= 0.3 is 0 Å². The third-order valence-corrected chi connectivity index (χ3v) is 4.40. The molecule has 2 heteroatoms. The molecule has 0 saturated heterocycles. The van der Waals surface area contributed by atoms with Crippen molar-refractivity contribution in [2.24, 2.45) is 0 Å². The minimum atomic E-state index is 0.688. The van der Waals surface area contributed by atoms with Crippen LogP contribution in [0.3, 0.4) is 0 Å². The van der Waals surface area contributed by atoms with Crippen LogP contribution < -0.4 is 0 Å². The molecule has 2 aliphatic carbocycles. The molecule has 2 rings (SSSR count). The summed E-state index contributed by atoms with van der Waals surface area (Å²) >= 11 is 6.47. The molecular weight excluding hydrogens is 194 g/mol. The quantitative estimate of drug-likeness (QED) is 0.627. The van der Waals surface area contributed by atoms with Crippen molar-refractivity contribution in [3.63, 3.8) is 0 Å². The Morgan fingerprint density at radius 2 is 1.00 bits per heavy atom. The largest absolute Gasteiger partial charge is 0.214 e. The highest BCUT2D eigenvalue weighted by Crippen LogP contribution is 2.31. The van der Waals surface area contributed by atoms with Crippen LogP contribution in [-0.2, 0) is 0 Å². The summed E-state index contributed by atoms with van der Waals surface area (Å²) in [6.07, 6.45) is 13.7. The van der Waals surface area contributed by atoms with Gasteiger partial charge in [-0.3, -0.25) is 0 Å². The van der Waals surface area contributed by atoms with Crippen LogP contribution >= 0.6 is 11.8 Å². The SMILES string of the molecule is ClN(C1CCCCC1)C1CCCCC1. The zero-order chi connectivity index (χ0) is 9.80. The monoisotopic (exact) mass is 215 g/mol. The normalized spacial score (nSPS) is 27.0. The van der Waals surface area contributed by atoms with Gasteiger partial charge in [0.05, 0.1) is 0 Å². The second-order valence-electron chi connectivity index (χ2n) is 4.93. The minimum absolute atomic E-state index is 0.688. The van der Waals surface area contributed by atoms with Crippen LogP contribution in [0.15, 0.2) is 0 Å². The van der Waals surface area contributed by atoms with E-state index in [1.165, 1.54) is 64.2 Å². The van der Waals surface area contributed by atoms with Crippen LogP contribution in [0.25, 0.3) is 0 Å². The van der Waals surface area contributed by atoms with Crippen LogP contribution in [0.5, 0.6) is 0 Å². The summed E-state index contributed by atoms with van der Waals surface area (Å²) in [5, 5.41) is 0. The lowest BCUT2D eigenvalue weighted by molar-refractivity contribution is 0.176. The number of halogens is 1. The molecular formula is C12H22ClN. The van der Waals surface area contributed by atoms with Gasteiger partial charge in [-0.2, -0.15) is 0 Å². The molecule has 0 aromatic rings. The third-order valence-electron chi connectivity index (χ3n) is 3.85. The second-order valence-corrected chi connectivity index (χ2v) is 5.32. The summed E-state index contributed by atoms with van der Waals surface area (Å²) in [7, 11) is 0. The van der Waals surface area contributed by atoms with Crippen molar-refractivity contribution in [2.75, 3.05) is 0 Å². The molecule has 2 aliphatic rings. The van der Waals surface area contributed by atoms with E-state index in [-0.39, 0.29) is 0 Å². The fourth-order valence-corrected chi connectivity index (χ4v) is 3.34. The lowest BCUT2D eigenvalue weighted by atomic mass is 9.91. The molecule has 1 nitrogen and oxygen atoms in total. The van der Waals surface area contributed by atoms with E-state index >= 15 is 0 Å². The van der Waals surface area contributed by atoms with Gasteiger partial charge in [-0.1, -0.05) is 38.5 Å². The molecule has 0 aromatic carbocycles. The van der Waals surface area contributed by atoms with E-state index in [2.05, 4.69) is 4.42 Å². The molecule has 0 aliphatic heterocycles. The summed E-state index contributed by atoms with van der Waals surface area (Å²) in [6, 6.07) is 1.38. The molecule has 14 heavy (non-hydrogen) atoms. The first-order valence-corrected chi connectivity index (χ1v) is 6.66. The fraction of sp³-hybridized carbons (Fsp3) is 1.00. The summed E-state index contributed by atoms with van der Waals surface area (Å²) in [6.45, 7) is 0. The van der Waals surface area contributed by atoms with Crippen LogP contribution in [-0.4, -0.2) is 16.5 Å². The minimum Gasteiger partial charge on any atom is -0.214 e. The molecule has 0 bridgehead atoms.